The lowest BCUT2D eigenvalue weighted by atomic mass is 9.64. The first-order valence-electron chi connectivity index (χ1n) is 8.49. The summed E-state index contributed by atoms with van der Waals surface area (Å²) < 4.78 is 5.68. The smallest absolute Gasteiger partial charge is 0.340 e. The van der Waals surface area contributed by atoms with Crippen molar-refractivity contribution in [2.24, 2.45) is 11.3 Å². The lowest BCUT2D eigenvalue weighted by Crippen LogP contribution is -2.53. The molecule has 2 aliphatic rings. The number of piperidine rings is 1. The maximum atomic E-state index is 12.4. The van der Waals surface area contributed by atoms with Crippen molar-refractivity contribution >= 4 is 11.7 Å². The van der Waals surface area contributed by atoms with Crippen LogP contribution >= 0.6 is 0 Å². The third kappa shape index (κ3) is 3.00. The Hall–Kier alpha value is -1.81. The van der Waals surface area contributed by atoms with E-state index in [1.165, 1.54) is 18.4 Å². The van der Waals surface area contributed by atoms with Gasteiger partial charge in [-0.05, 0) is 37.4 Å². The first-order chi connectivity index (χ1) is 11.1. The van der Waals surface area contributed by atoms with Crippen LogP contribution in [0.1, 0.15) is 36.5 Å². The van der Waals surface area contributed by atoms with Crippen molar-refractivity contribution < 1.29 is 9.53 Å². The molecule has 0 amide bonds. The van der Waals surface area contributed by atoms with Gasteiger partial charge in [0.2, 0.25) is 0 Å². The number of likely N-dealkylation sites (tertiary alicyclic amines) is 1. The highest BCUT2D eigenvalue weighted by atomic mass is 16.5. The van der Waals surface area contributed by atoms with Crippen LogP contribution in [0.3, 0.4) is 0 Å². The van der Waals surface area contributed by atoms with Gasteiger partial charge in [0.1, 0.15) is 6.61 Å². The second kappa shape index (κ2) is 6.36. The van der Waals surface area contributed by atoms with Gasteiger partial charge in [0.05, 0.1) is 5.56 Å². The number of nitrogens with zero attached hydrogens (tertiary/aromatic N) is 1. The maximum Gasteiger partial charge on any atom is 0.340 e. The Bertz CT molecular complexity index is 613. The molecule has 1 saturated carbocycles. The second-order valence-electron chi connectivity index (χ2n) is 6.89. The SMILES string of the molecule is C=C1[C@@H]2CCC[C@@]1(COC(=O)c1ccccc1N)CN(CC)C2. The Kier molecular flexibility index (Phi) is 4.44. The summed E-state index contributed by atoms with van der Waals surface area (Å²) in [7, 11) is 0. The Morgan fingerprint density at radius 2 is 2.26 bits per heavy atom. The molecule has 0 unspecified atom stereocenters. The van der Waals surface area contributed by atoms with Gasteiger partial charge in [0.25, 0.3) is 0 Å². The highest BCUT2D eigenvalue weighted by Crippen LogP contribution is 2.47. The fourth-order valence-electron chi connectivity index (χ4n) is 4.06. The van der Waals surface area contributed by atoms with Crippen LogP contribution in [0.2, 0.25) is 0 Å². The lowest BCUT2D eigenvalue weighted by Gasteiger charge is -2.51. The Morgan fingerprint density at radius 3 is 3.00 bits per heavy atom. The average Bonchev–Trinajstić information content (AvgIpc) is 2.54. The van der Waals surface area contributed by atoms with E-state index in [0.717, 1.165) is 26.1 Å². The maximum absolute atomic E-state index is 12.4. The number of hydrogen-bond donors (Lipinski definition) is 1. The number of carbonyl (C=O) groups excluding carboxylic acids is 1. The third-order valence-electron chi connectivity index (χ3n) is 5.49. The normalized spacial score (nSPS) is 27.7. The summed E-state index contributed by atoms with van der Waals surface area (Å²) in [5, 5.41) is 0. The van der Waals surface area contributed by atoms with Gasteiger partial charge in [-0.1, -0.05) is 37.6 Å². The molecule has 1 aromatic rings. The van der Waals surface area contributed by atoms with Gasteiger partial charge >= 0.3 is 5.97 Å². The van der Waals surface area contributed by atoms with Gasteiger partial charge in [0, 0.05) is 24.2 Å². The first kappa shape index (κ1) is 16.1. The van der Waals surface area contributed by atoms with E-state index in [0.29, 0.717) is 23.8 Å². The zero-order chi connectivity index (χ0) is 16.4. The van der Waals surface area contributed by atoms with Crippen LogP contribution in [0.4, 0.5) is 5.69 Å². The summed E-state index contributed by atoms with van der Waals surface area (Å²) in [5.41, 5.74) is 7.98. The number of benzene rings is 1. The zero-order valence-electron chi connectivity index (χ0n) is 13.9. The molecule has 124 valence electrons. The van der Waals surface area contributed by atoms with Crippen molar-refractivity contribution in [3.63, 3.8) is 0 Å². The molecule has 3 rings (SSSR count). The first-order valence-corrected chi connectivity index (χ1v) is 8.49. The fraction of sp³-hybridized carbons (Fsp3) is 0.526. The largest absolute Gasteiger partial charge is 0.461 e. The summed E-state index contributed by atoms with van der Waals surface area (Å²) in [6.07, 6.45) is 3.44. The molecule has 2 fully saturated rings. The fourth-order valence-corrected chi connectivity index (χ4v) is 4.06. The number of para-hydroxylation sites is 1. The summed E-state index contributed by atoms with van der Waals surface area (Å²) in [4.78, 5) is 14.8. The van der Waals surface area contributed by atoms with E-state index in [1.807, 2.05) is 6.07 Å². The number of nitrogen functional groups attached to an aromatic ring is 1. The molecule has 2 bridgehead atoms. The Morgan fingerprint density at radius 1 is 1.48 bits per heavy atom. The summed E-state index contributed by atoms with van der Waals surface area (Å²) in [5.74, 6) is 0.207. The summed E-state index contributed by atoms with van der Waals surface area (Å²) >= 11 is 0. The van der Waals surface area contributed by atoms with Crippen molar-refractivity contribution in [3.8, 4) is 0 Å². The molecule has 0 aromatic heterocycles. The van der Waals surface area contributed by atoms with Gasteiger partial charge in [-0.25, -0.2) is 4.79 Å². The van der Waals surface area contributed by atoms with Crippen molar-refractivity contribution in [2.75, 3.05) is 32.0 Å². The van der Waals surface area contributed by atoms with Crippen LogP contribution in [0, 0.1) is 11.3 Å². The quantitative estimate of drug-likeness (QED) is 0.527. The predicted molar refractivity (Wildman–Crippen MR) is 92.2 cm³/mol. The van der Waals surface area contributed by atoms with Crippen molar-refractivity contribution in [2.45, 2.75) is 26.2 Å². The van der Waals surface area contributed by atoms with E-state index in [1.54, 1.807) is 18.2 Å². The van der Waals surface area contributed by atoms with Crippen LogP contribution in [0.25, 0.3) is 0 Å². The number of fused-ring (bicyclic) bond motifs is 2. The predicted octanol–water partition coefficient (Wildman–Crippen LogP) is 3.10. The molecular formula is C19H26N2O2. The molecule has 23 heavy (non-hydrogen) atoms. The Balaban J connectivity index is 1.74. The molecule has 0 spiro atoms. The van der Waals surface area contributed by atoms with Crippen LogP contribution in [0.5, 0.6) is 0 Å². The van der Waals surface area contributed by atoms with Gasteiger partial charge in [-0.2, -0.15) is 0 Å². The number of esters is 1. The van der Waals surface area contributed by atoms with E-state index in [4.69, 9.17) is 10.5 Å². The number of nitrogens with two attached hydrogens (primary N) is 1. The van der Waals surface area contributed by atoms with E-state index in [2.05, 4.69) is 18.4 Å². The van der Waals surface area contributed by atoms with Crippen LogP contribution in [-0.2, 0) is 4.74 Å². The number of carbonyl (C=O) groups is 1. The molecule has 1 aliphatic carbocycles. The van der Waals surface area contributed by atoms with Gasteiger partial charge in [-0.3, -0.25) is 0 Å². The minimum atomic E-state index is -0.332. The van der Waals surface area contributed by atoms with Crippen molar-refractivity contribution in [3.05, 3.63) is 42.0 Å². The molecule has 4 heteroatoms. The molecular weight excluding hydrogens is 288 g/mol. The van der Waals surface area contributed by atoms with Crippen LogP contribution in [-0.4, -0.2) is 37.1 Å². The zero-order valence-corrected chi connectivity index (χ0v) is 13.9. The van der Waals surface area contributed by atoms with Crippen molar-refractivity contribution in [1.82, 2.24) is 4.90 Å². The second-order valence-corrected chi connectivity index (χ2v) is 6.89. The van der Waals surface area contributed by atoms with Gasteiger partial charge in [-0.15, -0.1) is 0 Å². The molecule has 2 N–H and O–H groups in total. The molecule has 1 saturated heterocycles. The third-order valence-corrected chi connectivity index (χ3v) is 5.49. The van der Waals surface area contributed by atoms with E-state index in [-0.39, 0.29) is 11.4 Å². The average molecular weight is 314 g/mol. The van der Waals surface area contributed by atoms with E-state index in [9.17, 15) is 4.79 Å². The lowest BCUT2D eigenvalue weighted by molar-refractivity contribution is -0.000504. The molecule has 1 heterocycles. The highest BCUT2D eigenvalue weighted by molar-refractivity contribution is 5.95. The Labute approximate surface area is 138 Å². The molecule has 1 aromatic carbocycles. The summed E-state index contributed by atoms with van der Waals surface area (Å²) in [6.45, 7) is 10.0. The van der Waals surface area contributed by atoms with Crippen LogP contribution < -0.4 is 5.73 Å². The number of ether oxygens (including phenoxy) is 1. The molecule has 4 nitrogen and oxygen atoms in total. The minimum Gasteiger partial charge on any atom is -0.461 e. The van der Waals surface area contributed by atoms with Gasteiger partial charge < -0.3 is 15.4 Å². The number of rotatable bonds is 4. The number of hydrogen-bond acceptors (Lipinski definition) is 4. The summed E-state index contributed by atoms with van der Waals surface area (Å²) in [6, 6.07) is 7.07. The molecule has 2 atom stereocenters. The van der Waals surface area contributed by atoms with E-state index >= 15 is 0 Å². The minimum absolute atomic E-state index is 0.0869. The van der Waals surface area contributed by atoms with Crippen LogP contribution in [0.15, 0.2) is 36.4 Å². The topological polar surface area (TPSA) is 55.6 Å². The number of anilines is 1. The van der Waals surface area contributed by atoms with Gasteiger partial charge in [0.15, 0.2) is 0 Å². The molecule has 0 radical (unpaired) electrons. The standard InChI is InChI=1S/C19H26N2O2/c1-3-21-11-15-7-6-10-19(12-21,14(15)2)13-23-18(22)16-8-4-5-9-17(16)20/h4-5,8-9,15H,2-3,6-7,10-13,20H2,1H3/t15-,19+/m1/s1. The molecule has 1 aliphatic heterocycles. The van der Waals surface area contributed by atoms with E-state index < -0.39 is 0 Å². The highest BCUT2D eigenvalue weighted by Gasteiger charge is 2.46. The monoisotopic (exact) mass is 314 g/mol. The van der Waals surface area contributed by atoms with Crippen molar-refractivity contribution in [1.29, 1.82) is 0 Å².